The van der Waals surface area contributed by atoms with Gasteiger partial charge in [-0.2, -0.15) is 17.4 Å². The fourth-order valence-electron chi connectivity index (χ4n) is 2.22. The maximum Gasteiger partial charge on any atom is 0.279 e. The van der Waals surface area contributed by atoms with Crippen LogP contribution in [0.1, 0.15) is 40.0 Å². The predicted octanol–water partition coefficient (Wildman–Crippen LogP) is 1.35. The normalized spacial score (nSPS) is 19.3. The van der Waals surface area contributed by atoms with Gasteiger partial charge in [0.1, 0.15) is 0 Å². The topological polar surface area (TPSA) is 75.4 Å². The first kappa shape index (κ1) is 19.1. The number of nitrogens with one attached hydrogen (secondary N) is 1. The Hall–Kier alpha value is 0.120. The largest absolute Gasteiger partial charge is 0.329 e. The number of nitrogens with zero attached hydrogens (tertiary/aromatic N) is 1. The quantitative estimate of drug-likeness (QED) is 0.710. The first-order valence-corrected chi connectivity index (χ1v) is 8.08. The highest BCUT2D eigenvalue weighted by Gasteiger charge is 2.33. The van der Waals surface area contributed by atoms with E-state index in [2.05, 4.69) is 18.6 Å². The fraction of sp³-hybridized carbons (Fsp3) is 1.00. The molecule has 5 nitrogen and oxygen atoms in total. The molecule has 1 rings (SSSR count). The van der Waals surface area contributed by atoms with Gasteiger partial charge in [0.15, 0.2) is 0 Å². The van der Waals surface area contributed by atoms with Gasteiger partial charge in [-0.05, 0) is 38.0 Å². The van der Waals surface area contributed by atoms with Crippen molar-refractivity contribution in [3.8, 4) is 0 Å². The van der Waals surface area contributed by atoms with Crippen molar-refractivity contribution in [2.24, 2.45) is 17.6 Å². The molecule has 0 aromatic carbocycles. The summed E-state index contributed by atoms with van der Waals surface area (Å²) >= 11 is 0. The third kappa shape index (κ3) is 6.40. The zero-order valence-corrected chi connectivity index (χ0v) is 14.0. The highest BCUT2D eigenvalue weighted by Crippen LogP contribution is 2.30. The van der Waals surface area contributed by atoms with Crippen LogP contribution in [0.2, 0.25) is 0 Å². The van der Waals surface area contributed by atoms with Gasteiger partial charge in [-0.15, -0.1) is 12.4 Å². The third-order valence-electron chi connectivity index (χ3n) is 3.31. The van der Waals surface area contributed by atoms with Crippen LogP contribution in [0.25, 0.3) is 0 Å². The molecule has 0 saturated heterocycles. The molecular weight excluding hydrogens is 286 g/mol. The Bertz CT molecular complexity index is 371. The molecule has 1 unspecified atom stereocenters. The maximum atomic E-state index is 12.2. The van der Waals surface area contributed by atoms with Crippen LogP contribution < -0.4 is 10.5 Å². The van der Waals surface area contributed by atoms with Crippen molar-refractivity contribution in [2.75, 3.05) is 20.1 Å². The Morgan fingerprint density at radius 1 is 1.42 bits per heavy atom. The molecule has 1 aliphatic rings. The Balaban J connectivity index is 0.00000324. The summed E-state index contributed by atoms with van der Waals surface area (Å²) in [6, 6.07) is 0. The summed E-state index contributed by atoms with van der Waals surface area (Å²) in [5.41, 5.74) is 5.17. The smallest absolute Gasteiger partial charge is 0.279 e. The first-order chi connectivity index (χ1) is 8.18. The van der Waals surface area contributed by atoms with Crippen molar-refractivity contribution >= 4 is 22.6 Å². The molecule has 1 saturated carbocycles. The van der Waals surface area contributed by atoms with Gasteiger partial charge in [-0.25, -0.2) is 0 Å². The van der Waals surface area contributed by atoms with Gasteiger partial charge in [0.05, 0.1) is 0 Å². The number of nitrogens with two attached hydrogens (primary N) is 1. The second kappa shape index (κ2) is 7.22. The van der Waals surface area contributed by atoms with E-state index in [1.54, 1.807) is 7.05 Å². The number of hydrogen-bond acceptors (Lipinski definition) is 3. The summed E-state index contributed by atoms with van der Waals surface area (Å²) in [6.07, 6.45) is 3.01. The Kier molecular flexibility index (Phi) is 7.27. The summed E-state index contributed by atoms with van der Waals surface area (Å²) in [7, 11) is -1.80. The SMILES string of the molecule is CC(C)CC(C)(CN)NS(=O)(=O)N(C)CC1CC1.Cl. The molecule has 3 N–H and O–H groups in total. The summed E-state index contributed by atoms with van der Waals surface area (Å²) < 4.78 is 28.6. The molecule has 1 fully saturated rings. The molecule has 0 spiro atoms. The van der Waals surface area contributed by atoms with Crippen LogP contribution in [0, 0.1) is 11.8 Å². The molecule has 0 bridgehead atoms. The zero-order valence-electron chi connectivity index (χ0n) is 12.3. The number of hydrogen-bond donors (Lipinski definition) is 2. The van der Waals surface area contributed by atoms with Gasteiger partial charge in [0, 0.05) is 25.7 Å². The second-order valence-electron chi connectivity index (χ2n) is 6.19. The van der Waals surface area contributed by atoms with Crippen LogP contribution in [0.4, 0.5) is 0 Å². The fourth-order valence-corrected chi connectivity index (χ4v) is 3.57. The van der Waals surface area contributed by atoms with Crippen molar-refractivity contribution in [1.29, 1.82) is 0 Å². The standard InChI is InChI=1S/C12H27N3O2S.ClH/c1-10(2)7-12(3,9-13)14-18(16,17)15(4)8-11-5-6-11;/h10-11,14H,5-9,13H2,1-4H3;1H. The number of rotatable bonds is 8. The van der Waals surface area contributed by atoms with Crippen molar-refractivity contribution in [3.63, 3.8) is 0 Å². The van der Waals surface area contributed by atoms with E-state index in [1.807, 2.05) is 6.92 Å². The Morgan fingerprint density at radius 2 is 1.95 bits per heavy atom. The van der Waals surface area contributed by atoms with E-state index in [0.29, 0.717) is 24.9 Å². The maximum absolute atomic E-state index is 12.2. The highest BCUT2D eigenvalue weighted by atomic mass is 35.5. The molecule has 1 aliphatic carbocycles. The van der Waals surface area contributed by atoms with Crippen molar-refractivity contribution < 1.29 is 8.42 Å². The van der Waals surface area contributed by atoms with Crippen LogP contribution in [-0.2, 0) is 10.2 Å². The average Bonchev–Trinajstić information content (AvgIpc) is 2.99. The van der Waals surface area contributed by atoms with Crippen LogP contribution in [0.5, 0.6) is 0 Å². The number of halogens is 1. The van der Waals surface area contributed by atoms with Crippen molar-refractivity contribution in [2.45, 2.75) is 45.6 Å². The lowest BCUT2D eigenvalue weighted by atomic mass is 9.92. The van der Waals surface area contributed by atoms with Crippen LogP contribution >= 0.6 is 12.4 Å². The van der Waals surface area contributed by atoms with Crippen molar-refractivity contribution in [1.82, 2.24) is 9.03 Å². The minimum Gasteiger partial charge on any atom is -0.329 e. The van der Waals surface area contributed by atoms with Gasteiger partial charge in [-0.1, -0.05) is 13.8 Å². The van der Waals surface area contributed by atoms with Crippen LogP contribution in [0.15, 0.2) is 0 Å². The van der Waals surface area contributed by atoms with E-state index in [1.165, 1.54) is 4.31 Å². The average molecular weight is 314 g/mol. The van der Waals surface area contributed by atoms with Gasteiger partial charge in [0.25, 0.3) is 10.2 Å². The summed E-state index contributed by atoms with van der Waals surface area (Å²) in [4.78, 5) is 0. The van der Waals surface area contributed by atoms with Gasteiger partial charge < -0.3 is 5.73 Å². The summed E-state index contributed by atoms with van der Waals surface area (Å²) in [5, 5.41) is 0. The lowest BCUT2D eigenvalue weighted by molar-refractivity contribution is 0.330. The van der Waals surface area contributed by atoms with Crippen LogP contribution in [-0.4, -0.2) is 38.4 Å². The lowest BCUT2D eigenvalue weighted by Crippen LogP contribution is -2.55. The van der Waals surface area contributed by atoms with Gasteiger partial charge in [-0.3, -0.25) is 0 Å². The van der Waals surface area contributed by atoms with E-state index in [0.717, 1.165) is 19.3 Å². The summed E-state index contributed by atoms with van der Waals surface area (Å²) in [6.45, 7) is 6.92. The first-order valence-electron chi connectivity index (χ1n) is 6.64. The molecule has 7 heteroatoms. The molecule has 0 amide bonds. The van der Waals surface area contributed by atoms with E-state index in [-0.39, 0.29) is 12.4 Å². The monoisotopic (exact) mass is 313 g/mol. The zero-order chi connectivity index (χ0) is 14.0. The van der Waals surface area contributed by atoms with E-state index in [4.69, 9.17) is 5.73 Å². The minimum atomic E-state index is -3.43. The van der Waals surface area contributed by atoms with Crippen LogP contribution in [0.3, 0.4) is 0 Å². The third-order valence-corrected chi connectivity index (χ3v) is 5.03. The predicted molar refractivity (Wildman–Crippen MR) is 81.6 cm³/mol. The van der Waals surface area contributed by atoms with E-state index in [9.17, 15) is 8.42 Å². The Labute approximate surface area is 123 Å². The Morgan fingerprint density at radius 3 is 2.32 bits per heavy atom. The molecule has 19 heavy (non-hydrogen) atoms. The lowest BCUT2D eigenvalue weighted by Gasteiger charge is -2.32. The van der Waals surface area contributed by atoms with E-state index < -0.39 is 15.7 Å². The highest BCUT2D eigenvalue weighted by molar-refractivity contribution is 7.87. The molecule has 0 heterocycles. The van der Waals surface area contributed by atoms with Gasteiger partial charge in [0.2, 0.25) is 0 Å². The molecule has 0 aliphatic heterocycles. The molecule has 0 radical (unpaired) electrons. The molecular formula is C12H28ClN3O2S. The second-order valence-corrected chi connectivity index (χ2v) is 7.97. The summed E-state index contributed by atoms with van der Waals surface area (Å²) in [5.74, 6) is 0.941. The van der Waals surface area contributed by atoms with Crippen molar-refractivity contribution in [3.05, 3.63) is 0 Å². The molecule has 0 aromatic heterocycles. The van der Waals surface area contributed by atoms with Gasteiger partial charge >= 0.3 is 0 Å². The molecule has 116 valence electrons. The molecule has 0 aromatic rings. The minimum absolute atomic E-state index is 0. The van der Waals surface area contributed by atoms with E-state index >= 15 is 0 Å². The molecule has 1 atom stereocenters.